The average molecular weight is 250 g/mol. The highest BCUT2D eigenvalue weighted by atomic mass is 16.5. The minimum Gasteiger partial charge on any atom is -0.381 e. The molecule has 98 valence electrons. The van der Waals surface area contributed by atoms with Gasteiger partial charge >= 0.3 is 0 Å². The molecule has 0 radical (unpaired) electrons. The second-order valence-electron chi connectivity index (χ2n) is 4.87. The van der Waals surface area contributed by atoms with Crippen LogP contribution in [0.1, 0.15) is 56.9 Å². The highest BCUT2D eigenvalue weighted by Gasteiger charge is 2.17. The highest BCUT2D eigenvalue weighted by molar-refractivity contribution is 5.35. The topological polar surface area (TPSA) is 95.7 Å². The molecule has 2 N–H and O–H groups in total. The summed E-state index contributed by atoms with van der Waals surface area (Å²) in [7, 11) is 0. The number of hydrogen-bond donors (Lipinski definition) is 1. The van der Waals surface area contributed by atoms with Crippen LogP contribution in [-0.4, -0.2) is 25.1 Å². The Morgan fingerprint density at radius 2 is 1.94 bits per heavy atom. The number of anilines is 1. The van der Waals surface area contributed by atoms with Crippen molar-refractivity contribution < 1.29 is 4.52 Å². The lowest BCUT2D eigenvalue weighted by Gasteiger charge is -2.07. The molecule has 18 heavy (non-hydrogen) atoms. The van der Waals surface area contributed by atoms with Crippen molar-refractivity contribution in [3.63, 3.8) is 0 Å². The van der Waals surface area contributed by atoms with Gasteiger partial charge in [-0.05, 0) is 5.92 Å². The van der Waals surface area contributed by atoms with Crippen LogP contribution < -0.4 is 5.73 Å². The van der Waals surface area contributed by atoms with Crippen LogP contribution in [0.25, 0.3) is 0 Å². The molecule has 0 saturated heterocycles. The first-order valence-electron chi connectivity index (χ1n) is 6.00. The molecule has 2 rings (SSSR count). The minimum absolute atomic E-state index is 0.243. The normalized spacial score (nSPS) is 11.7. The van der Waals surface area contributed by atoms with Gasteiger partial charge in [-0.25, -0.2) is 4.68 Å². The van der Waals surface area contributed by atoms with E-state index in [1.165, 1.54) is 0 Å². The smallest absolute Gasteiger partial charge is 0.248 e. The van der Waals surface area contributed by atoms with Crippen LogP contribution in [0.4, 0.5) is 5.82 Å². The molecule has 2 heterocycles. The van der Waals surface area contributed by atoms with E-state index in [0.29, 0.717) is 24.1 Å². The van der Waals surface area contributed by atoms with E-state index in [0.717, 1.165) is 5.69 Å². The van der Waals surface area contributed by atoms with E-state index in [4.69, 9.17) is 10.3 Å². The molecular weight excluding hydrogens is 232 g/mol. The van der Waals surface area contributed by atoms with E-state index >= 15 is 0 Å². The average Bonchev–Trinajstić information content (AvgIpc) is 2.86. The number of aromatic nitrogens is 5. The van der Waals surface area contributed by atoms with Gasteiger partial charge in [-0.3, -0.25) is 0 Å². The summed E-state index contributed by atoms with van der Waals surface area (Å²) in [6, 6.07) is 0. The molecule has 0 aromatic carbocycles. The molecular formula is C11H18N6O. The summed E-state index contributed by atoms with van der Waals surface area (Å²) >= 11 is 0. The lowest BCUT2D eigenvalue weighted by atomic mass is 10.1. The molecule has 7 nitrogen and oxygen atoms in total. The zero-order valence-corrected chi connectivity index (χ0v) is 11.1. The van der Waals surface area contributed by atoms with Gasteiger partial charge in [0.2, 0.25) is 5.89 Å². The van der Waals surface area contributed by atoms with Crippen LogP contribution >= 0.6 is 0 Å². The van der Waals surface area contributed by atoms with E-state index in [1.54, 1.807) is 4.68 Å². The number of nitrogens with two attached hydrogens (primary N) is 1. The second kappa shape index (κ2) is 4.75. The first-order chi connectivity index (χ1) is 8.49. The quantitative estimate of drug-likeness (QED) is 0.884. The predicted molar refractivity (Wildman–Crippen MR) is 66.0 cm³/mol. The molecule has 0 amide bonds. The van der Waals surface area contributed by atoms with Crippen LogP contribution in [0.5, 0.6) is 0 Å². The number of rotatable bonds is 4. The lowest BCUT2D eigenvalue weighted by Crippen LogP contribution is -2.09. The predicted octanol–water partition coefficient (Wildman–Crippen LogP) is 1.54. The van der Waals surface area contributed by atoms with E-state index in [1.807, 2.05) is 27.7 Å². The van der Waals surface area contributed by atoms with Gasteiger partial charge in [0.05, 0.1) is 5.69 Å². The first-order valence-corrected chi connectivity index (χ1v) is 6.00. The van der Waals surface area contributed by atoms with Gasteiger partial charge in [0.1, 0.15) is 6.54 Å². The van der Waals surface area contributed by atoms with Crippen molar-refractivity contribution in [1.82, 2.24) is 25.1 Å². The molecule has 0 bridgehead atoms. The Bertz CT molecular complexity index is 527. The Hall–Kier alpha value is -1.92. The summed E-state index contributed by atoms with van der Waals surface area (Å²) in [6.07, 6.45) is 0. The SMILES string of the molecule is CC(C)c1noc(Cn2nnc(N)c2C(C)C)n1. The summed E-state index contributed by atoms with van der Waals surface area (Å²) in [5.74, 6) is 2.16. The zero-order chi connectivity index (χ0) is 13.3. The van der Waals surface area contributed by atoms with Crippen LogP contribution in [0.2, 0.25) is 0 Å². The maximum Gasteiger partial charge on any atom is 0.248 e. The van der Waals surface area contributed by atoms with E-state index in [-0.39, 0.29) is 11.8 Å². The number of nitrogens with zero attached hydrogens (tertiary/aromatic N) is 5. The number of nitrogen functional groups attached to an aromatic ring is 1. The van der Waals surface area contributed by atoms with Crippen LogP contribution in [0.15, 0.2) is 4.52 Å². The van der Waals surface area contributed by atoms with Gasteiger partial charge in [-0.15, -0.1) is 5.10 Å². The summed E-state index contributed by atoms with van der Waals surface area (Å²) < 4.78 is 6.89. The van der Waals surface area contributed by atoms with E-state index in [9.17, 15) is 0 Å². The molecule has 0 fully saturated rings. The Morgan fingerprint density at radius 1 is 1.22 bits per heavy atom. The summed E-state index contributed by atoms with van der Waals surface area (Å²) in [5.41, 5.74) is 6.68. The number of hydrogen-bond acceptors (Lipinski definition) is 6. The van der Waals surface area contributed by atoms with Crippen molar-refractivity contribution in [3.8, 4) is 0 Å². The molecule has 0 spiro atoms. The fourth-order valence-electron chi connectivity index (χ4n) is 1.74. The van der Waals surface area contributed by atoms with Gasteiger partial charge in [-0.1, -0.05) is 38.1 Å². The first kappa shape index (κ1) is 12.5. The van der Waals surface area contributed by atoms with E-state index < -0.39 is 0 Å². The van der Waals surface area contributed by atoms with Crippen molar-refractivity contribution in [1.29, 1.82) is 0 Å². The Labute approximate surface area is 105 Å². The zero-order valence-electron chi connectivity index (χ0n) is 11.1. The third-order valence-corrected chi connectivity index (χ3v) is 2.63. The van der Waals surface area contributed by atoms with Crippen molar-refractivity contribution in [3.05, 3.63) is 17.4 Å². The summed E-state index contributed by atoms with van der Waals surface area (Å²) in [4.78, 5) is 4.31. The molecule has 2 aromatic heterocycles. The fourth-order valence-corrected chi connectivity index (χ4v) is 1.74. The fraction of sp³-hybridized carbons (Fsp3) is 0.636. The van der Waals surface area contributed by atoms with Gasteiger partial charge in [0.25, 0.3) is 0 Å². The third kappa shape index (κ3) is 2.34. The molecule has 0 aliphatic heterocycles. The molecule has 7 heteroatoms. The maximum atomic E-state index is 5.79. The molecule has 0 saturated carbocycles. The van der Waals surface area contributed by atoms with Gasteiger partial charge in [0, 0.05) is 5.92 Å². The Balaban J connectivity index is 2.23. The molecule has 0 unspecified atom stereocenters. The summed E-state index contributed by atoms with van der Waals surface area (Å²) in [6.45, 7) is 8.51. The monoisotopic (exact) mass is 250 g/mol. The lowest BCUT2D eigenvalue weighted by molar-refractivity contribution is 0.356. The third-order valence-electron chi connectivity index (χ3n) is 2.63. The van der Waals surface area contributed by atoms with Gasteiger partial charge < -0.3 is 10.3 Å². The maximum absolute atomic E-state index is 5.79. The Kier molecular flexibility index (Phi) is 3.31. The molecule has 0 aliphatic rings. The van der Waals surface area contributed by atoms with E-state index in [2.05, 4.69) is 20.5 Å². The highest BCUT2D eigenvalue weighted by Crippen LogP contribution is 2.20. The summed E-state index contributed by atoms with van der Waals surface area (Å²) in [5, 5.41) is 11.8. The van der Waals surface area contributed by atoms with Crippen molar-refractivity contribution in [2.45, 2.75) is 46.1 Å². The van der Waals surface area contributed by atoms with Crippen LogP contribution in [0.3, 0.4) is 0 Å². The van der Waals surface area contributed by atoms with Crippen molar-refractivity contribution >= 4 is 5.82 Å². The standard InChI is InChI=1S/C11H18N6O/c1-6(2)9-10(12)14-16-17(9)5-8-13-11(7(3)4)15-18-8/h6-7H,5,12H2,1-4H3. The minimum atomic E-state index is 0.243. The molecule has 0 atom stereocenters. The van der Waals surface area contributed by atoms with Crippen LogP contribution in [0, 0.1) is 0 Å². The largest absolute Gasteiger partial charge is 0.381 e. The van der Waals surface area contributed by atoms with Crippen molar-refractivity contribution in [2.24, 2.45) is 0 Å². The molecule has 2 aromatic rings. The molecule has 0 aliphatic carbocycles. The van der Waals surface area contributed by atoms with Crippen LogP contribution in [-0.2, 0) is 6.54 Å². The van der Waals surface area contributed by atoms with Crippen molar-refractivity contribution in [2.75, 3.05) is 5.73 Å². The van der Waals surface area contributed by atoms with Gasteiger partial charge in [-0.2, -0.15) is 4.98 Å². The Morgan fingerprint density at radius 3 is 2.50 bits per heavy atom. The van der Waals surface area contributed by atoms with Gasteiger partial charge in [0.15, 0.2) is 11.6 Å². The second-order valence-corrected chi connectivity index (χ2v) is 4.87.